The molecule has 4 N–H and O–H groups in total. The zero-order valence-electron chi connectivity index (χ0n) is 32.7. The fraction of sp³-hybridized carbons (Fsp3) is 0.571. The highest BCUT2D eigenvalue weighted by Gasteiger charge is 2.78. The van der Waals surface area contributed by atoms with Gasteiger partial charge in [0.15, 0.2) is 5.60 Å². The number of likely N-dealkylation sites (N-methyl/N-ethyl adjacent to an activating group) is 1. The van der Waals surface area contributed by atoms with Crippen molar-refractivity contribution >= 4 is 28.5 Å². The number of esters is 1. The number of hydrogen-bond acceptors (Lipinski definition) is 10. The number of nitrogens with zero attached hydrogens (tertiary/aromatic N) is 6. The first-order valence-electron chi connectivity index (χ1n) is 19.8. The lowest BCUT2D eigenvalue weighted by molar-refractivity contribution is -0.201. The van der Waals surface area contributed by atoms with Crippen molar-refractivity contribution in [1.82, 2.24) is 14.8 Å². The molecule has 5 aliphatic heterocycles. The largest absolute Gasteiger partial charge is 0.496 e. The summed E-state index contributed by atoms with van der Waals surface area (Å²) < 4.78 is 12.2. The quantitative estimate of drug-likeness (QED) is 0.0982. The fourth-order valence-electron chi connectivity index (χ4n) is 13.0. The first-order valence-corrected chi connectivity index (χ1v) is 19.8. The van der Waals surface area contributed by atoms with Crippen LogP contribution in [0.2, 0.25) is 0 Å². The van der Waals surface area contributed by atoms with E-state index in [1.807, 2.05) is 61.2 Å². The Morgan fingerprint density at radius 1 is 1.11 bits per heavy atom. The van der Waals surface area contributed by atoms with Crippen molar-refractivity contribution in [2.24, 2.45) is 16.4 Å². The number of ether oxygens (including phenoxy) is 2. The number of amides is 1. The van der Waals surface area contributed by atoms with Gasteiger partial charge in [-0.05, 0) is 85.4 Å². The van der Waals surface area contributed by atoms with Gasteiger partial charge in [-0.1, -0.05) is 37.3 Å². The van der Waals surface area contributed by atoms with E-state index in [9.17, 15) is 25.6 Å². The van der Waals surface area contributed by atoms with Crippen LogP contribution in [0.4, 0.5) is 5.69 Å². The van der Waals surface area contributed by atoms with E-state index in [0.29, 0.717) is 81.8 Å². The zero-order valence-corrected chi connectivity index (χ0v) is 32.7. The molecule has 2 bridgehead atoms. The van der Waals surface area contributed by atoms with Crippen LogP contribution in [0.3, 0.4) is 0 Å². The minimum Gasteiger partial charge on any atom is -0.496 e. The summed E-state index contributed by atoms with van der Waals surface area (Å²) in [4.78, 5) is 42.2. The maximum Gasteiger partial charge on any atom is 0.322 e. The van der Waals surface area contributed by atoms with Gasteiger partial charge in [0, 0.05) is 88.9 Å². The van der Waals surface area contributed by atoms with E-state index in [0.717, 1.165) is 27.7 Å². The molecule has 2 saturated heterocycles. The monoisotopic (exact) mass is 765 g/mol. The number of para-hydroxylation sites is 1. The van der Waals surface area contributed by atoms with Crippen molar-refractivity contribution in [3.63, 3.8) is 0 Å². The van der Waals surface area contributed by atoms with Gasteiger partial charge in [-0.25, -0.2) is 0 Å². The number of aliphatic hydroxyl groups is 3. The first-order chi connectivity index (χ1) is 26.8. The molecule has 3 fully saturated rings. The van der Waals surface area contributed by atoms with Crippen molar-refractivity contribution in [2.75, 3.05) is 58.9 Å². The van der Waals surface area contributed by atoms with Crippen LogP contribution < -0.4 is 9.64 Å². The van der Waals surface area contributed by atoms with E-state index < -0.39 is 51.5 Å². The standard InChI is InChI=1S/C42H51N7O7/c1-6-39-13-9-15-49-17-14-40(33(39)49)27-18-28(31(55-4)19-30(27)47(3)34(40)42(54,35(39)50)36(51)45-46-43)41(37(52)56-5)21-24-20-38(2,53)23-48(22-24)16-12-26-25-10-7-8-11-29(25)44-32(26)41/h7-11,13,18-19,24,33-35,44,50,53-54H,6,12,14-17,20-23H2,1-5H3/t24?,33?,34?,35-,38+,39-,40?,41-,42+/m1/s1. The lowest BCUT2D eigenvalue weighted by Crippen LogP contribution is -2.80. The highest BCUT2D eigenvalue weighted by molar-refractivity contribution is 5.95. The number of anilines is 1. The molecule has 1 saturated carbocycles. The predicted molar refractivity (Wildman–Crippen MR) is 208 cm³/mol. The summed E-state index contributed by atoms with van der Waals surface area (Å²) in [5, 5.41) is 41.4. The van der Waals surface area contributed by atoms with Gasteiger partial charge < -0.3 is 34.7 Å². The number of nitrogens with one attached hydrogen (secondary N) is 1. The van der Waals surface area contributed by atoms with Crippen LogP contribution in [0.25, 0.3) is 21.3 Å². The van der Waals surface area contributed by atoms with Gasteiger partial charge in [-0.2, -0.15) is 0 Å². The molecule has 5 unspecified atom stereocenters. The van der Waals surface area contributed by atoms with E-state index >= 15 is 4.79 Å². The molecule has 14 nitrogen and oxygen atoms in total. The smallest absolute Gasteiger partial charge is 0.322 e. The third kappa shape index (κ3) is 4.59. The van der Waals surface area contributed by atoms with Crippen LogP contribution >= 0.6 is 0 Å². The number of methoxy groups -OCH3 is 2. The molecule has 6 heterocycles. The maximum absolute atomic E-state index is 15.2. The van der Waals surface area contributed by atoms with Gasteiger partial charge in [0.1, 0.15) is 17.3 Å². The molecule has 56 heavy (non-hydrogen) atoms. The molecule has 14 heteroatoms. The molecule has 1 spiro atoms. The van der Waals surface area contributed by atoms with Crippen LogP contribution in [-0.4, -0.2) is 125 Å². The third-order valence-corrected chi connectivity index (χ3v) is 14.8. The number of H-pyrrole nitrogens is 1. The Labute approximate surface area is 325 Å². The van der Waals surface area contributed by atoms with Crippen LogP contribution in [0, 0.1) is 11.3 Å². The van der Waals surface area contributed by atoms with Crippen LogP contribution in [0.1, 0.15) is 61.9 Å². The maximum atomic E-state index is 15.2. The lowest BCUT2D eigenvalue weighted by atomic mass is 9.47. The molecule has 9 rings (SSSR count). The number of fused-ring (bicyclic) bond motifs is 6. The average molecular weight is 766 g/mol. The minimum atomic E-state index is -2.49. The number of hydrogen-bond donors (Lipinski definition) is 4. The second kappa shape index (κ2) is 12.5. The molecule has 1 amide bonds. The Hall–Kier alpha value is -4.43. The van der Waals surface area contributed by atoms with Gasteiger partial charge in [0.2, 0.25) is 0 Å². The number of azide groups is 1. The molecule has 6 aliphatic rings. The number of rotatable bonds is 5. The highest BCUT2D eigenvalue weighted by Crippen LogP contribution is 2.67. The average Bonchev–Trinajstić information content (AvgIpc) is 3.84. The van der Waals surface area contributed by atoms with E-state index in [4.69, 9.17) is 9.47 Å². The molecule has 10 atom stereocenters. The Balaban J connectivity index is 1.37. The van der Waals surface area contributed by atoms with Gasteiger partial charge in [-0.3, -0.25) is 19.4 Å². The Morgan fingerprint density at radius 2 is 1.89 bits per heavy atom. The number of carbonyl (C=O) groups excluding carboxylic acids is 2. The number of carbonyl (C=O) groups is 2. The molecule has 1 aliphatic carbocycles. The highest BCUT2D eigenvalue weighted by atomic mass is 16.5. The molecule has 1 aromatic heterocycles. The number of piperidine rings is 1. The van der Waals surface area contributed by atoms with Crippen LogP contribution in [-0.2, 0) is 31.6 Å². The van der Waals surface area contributed by atoms with E-state index in [-0.39, 0.29) is 12.0 Å². The van der Waals surface area contributed by atoms with Crippen molar-refractivity contribution in [2.45, 2.75) is 86.2 Å². The van der Waals surface area contributed by atoms with E-state index in [2.05, 4.69) is 30.9 Å². The molecule has 296 valence electrons. The molecule has 2 aromatic carbocycles. The SMILES string of the molecule is CC[C@]12C=CCN3CCC4(c5cc([C@]6(C(=O)OC)CC7CN(CCc8c6[nH]c6ccccc86)C[C@@](C)(O)C7)c(OC)cc5N(C)C4[C@@](O)(C(=O)N=[N+]=[N-])[C@@H]1O)C32. The van der Waals surface area contributed by atoms with Gasteiger partial charge in [0.25, 0.3) is 5.91 Å². The normalized spacial score (nSPS) is 38.3. The number of benzene rings is 2. The Kier molecular flexibility index (Phi) is 8.32. The summed E-state index contributed by atoms with van der Waals surface area (Å²) in [6.45, 7) is 6.98. The van der Waals surface area contributed by atoms with Gasteiger partial charge >= 0.3 is 5.97 Å². The fourth-order valence-corrected chi connectivity index (χ4v) is 13.0. The number of aromatic amines is 1. The predicted octanol–water partition coefficient (Wildman–Crippen LogP) is 3.69. The summed E-state index contributed by atoms with van der Waals surface area (Å²) in [6, 6.07) is 10.6. The zero-order chi connectivity index (χ0) is 39.6. The summed E-state index contributed by atoms with van der Waals surface area (Å²) >= 11 is 0. The van der Waals surface area contributed by atoms with E-state index in [1.165, 1.54) is 7.11 Å². The lowest BCUT2D eigenvalue weighted by Gasteiger charge is -2.63. The second-order valence-electron chi connectivity index (χ2n) is 17.5. The number of aromatic nitrogens is 1. The second-order valence-corrected chi connectivity index (χ2v) is 17.5. The molecule has 0 radical (unpaired) electrons. The van der Waals surface area contributed by atoms with Crippen molar-refractivity contribution < 1.29 is 34.4 Å². The topological polar surface area (TPSA) is 188 Å². The van der Waals surface area contributed by atoms with Crippen molar-refractivity contribution in [3.05, 3.63) is 81.4 Å². The molecule has 3 aromatic rings. The van der Waals surface area contributed by atoms with E-state index in [1.54, 1.807) is 14.2 Å². The summed E-state index contributed by atoms with van der Waals surface area (Å²) in [7, 11) is 4.78. The Morgan fingerprint density at radius 3 is 2.62 bits per heavy atom. The molecular formula is C42H51N7O7. The van der Waals surface area contributed by atoms with Gasteiger partial charge in [-0.15, -0.1) is 0 Å². The Bertz CT molecular complexity index is 2230. The summed E-state index contributed by atoms with van der Waals surface area (Å²) in [6.07, 6.45) is 4.68. The third-order valence-electron chi connectivity index (χ3n) is 14.8. The summed E-state index contributed by atoms with van der Waals surface area (Å²) in [5.74, 6) is -1.29. The first kappa shape index (κ1) is 37.2. The summed E-state index contributed by atoms with van der Waals surface area (Å²) in [5.41, 5.74) is 7.26. The van der Waals surface area contributed by atoms with Crippen LogP contribution in [0.5, 0.6) is 5.75 Å². The number of aliphatic hydroxyl groups excluding tert-OH is 1. The van der Waals surface area contributed by atoms with Crippen molar-refractivity contribution in [1.29, 1.82) is 0 Å². The minimum absolute atomic E-state index is 0.115. The molecular weight excluding hydrogens is 715 g/mol. The van der Waals surface area contributed by atoms with Crippen LogP contribution in [0.15, 0.2) is 53.7 Å². The van der Waals surface area contributed by atoms with Crippen molar-refractivity contribution in [3.8, 4) is 5.75 Å². The van der Waals surface area contributed by atoms with Gasteiger partial charge in [0.05, 0.1) is 25.9 Å².